The van der Waals surface area contributed by atoms with E-state index in [-0.39, 0.29) is 5.43 Å². The second kappa shape index (κ2) is 4.60. The van der Waals surface area contributed by atoms with Crippen molar-refractivity contribution in [1.29, 1.82) is 0 Å². The summed E-state index contributed by atoms with van der Waals surface area (Å²) < 4.78 is 11.6. The first kappa shape index (κ1) is 12.9. The Morgan fingerprint density at radius 2 is 1.68 bits per heavy atom. The fourth-order valence-electron chi connectivity index (χ4n) is 2.83. The van der Waals surface area contributed by atoms with E-state index in [1.54, 1.807) is 12.3 Å². The summed E-state index contributed by atoms with van der Waals surface area (Å²) in [4.78, 5) is 12.5. The number of hydrogen-bond donors (Lipinski definition) is 0. The second-order valence-corrected chi connectivity index (χ2v) is 5.51. The minimum Gasteiger partial charge on any atom is -0.464 e. The van der Waals surface area contributed by atoms with E-state index in [0.29, 0.717) is 16.7 Å². The van der Waals surface area contributed by atoms with Crippen LogP contribution in [-0.2, 0) is 0 Å². The van der Waals surface area contributed by atoms with Gasteiger partial charge >= 0.3 is 0 Å². The van der Waals surface area contributed by atoms with Gasteiger partial charge in [-0.2, -0.15) is 0 Å². The topological polar surface area (TPSA) is 43.4 Å². The highest BCUT2D eigenvalue weighted by molar-refractivity contribution is 5.98. The summed E-state index contributed by atoms with van der Waals surface area (Å²) in [5.74, 6) is 0.573. The average Bonchev–Trinajstić information content (AvgIpc) is 2.91. The molecule has 3 heteroatoms. The summed E-state index contributed by atoms with van der Waals surface area (Å²) in [6.07, 6.45) is 1.71. The fraction of sp³-hybridized carbons (Fsp3) is 0.105. The highest BCUT2D eigenvalue weighted by Gasteiger charge is 2.15. The lowest BCUT2D eigenvalue weighted by molar-refractivity contribution is 0.599. The van der Waals surface area contributed by atoms with Gasteiger partial charge in [0.05, 0.1) is 11.6 Å². The van der Waals surface area contributed by atoms with E-state index in [9.17, 15) is 4.79 Å². The molecule has 4 aromatic rings. The third-order valence-corrected chi connectivity index (χ3v) is 4.04. The van der Waals surface area contributed by atoms with Crippen LogP contribution in [0, 0.1) is 13.8 Å². The van der Waals surface area contributed by atoms with Gasteiger partial charge in [0.1, 0.15) is 16.9 Å². The van der Waals surface area contributed by atoms with Crippen molar-refractivity contribution in [1.82, 2.24) is 0 Å². The quantitative estimate of drug-likeness (QED) is 0.504. The SMILES string of the molecule is Cc1coc2c(C)c3oc(-c4ccccc4)cc(=O)c3cc12. The molecule has 0 saturated heterocycles. The molecule has 3 nitrogen and oxygen atoms in total. The minimum atomic E-state index is -0.0364. The maximum atomic E-state index is 12.5. The fourth-order valence-corrected chi connectivity index (χ4v) is 2.83. The molecule has 0 spiro atoms. The molecular weight excluding hydrogens is 276 g/mol. The molecule has 0 saturated carbocycles. The summed E-state index contributed by atoms with van der Waals surface area (Å²) in [7, 11) is 0. The van der Waals surface area contributed by atoms with Gasteiger partial charge in [-0.05, 0) is 25.5 Å². The number of furan rings is 1. The molecule has 0 amide bonds. The summed E-state index contributed by atoms with van der Waals surface area (Å²) in [5, 5.41) is 1.55. The molecule has 4 rings (SSSR count). The van der Waals surface area contributed by atoms with Gasteiger partial charge in [0, 0.05) is 22.6 Å². The number of hydrogen-bond acceptors (Lipinski definition) is 3. The van der Waals surface area contributed by atoms with Crippen molar-refractivity contribution in [2.45, 2.75) is 13.8 Å². The van der Waals surface area contributed by atoms with Gasteiger partial charge in [-0.3, -0.25) is 4.79 Å². The molecule has 0 atom stereocenters. The van der Waals surface area contributed by atoms with Gasteiger partial charge in [0.15, 0.2) is 5.43 Å². The van der Waals surface area contributed by atoms with E-state index < -0.39 is 0 Å². The summed E-state index contributed by atoms with van der Waals surface area (Å²) in [6, 6.07) is 13.0. The Labute approximate surface area is 126 Å². The monoisotopic (exact) mass is 290 g/mol. The smallest absolute Gasteiger partial charge is 0.193 e. The van der Waals surface area contributed by atoms with Gasteiger partial charge in [-0.1, -0.05) is 30.3 Å². The van der Waals surface area contributed by atoms with Crippen LogP contribution in [0.1, 0.15) is 11.1 Å². The van der Waals surface area contributed by atoms with E-state index in [1.807, 2.05) is 50.2 Å². The highest BCUT2D eigenvalue weighted by Crippen LogP contribution is 2.31. The molecule has 0 fully saturated rings. The predicted octanol–water partition coefficient (Wildman–Crippen LogP) is 4.82. The van der Waals surface area contributed by atoms with Crippen LogP contribution in [0.15, 0.2) is 62.4 Å². The maximum Gasteiger partial charge on any atom is 0.193 e. The molecule has 0 aliphatic rings. The Morgan fingerprint density at radius 1 is 0.909 bits per heavy atom. The van der Waals surface area contributed by atoms with Crippen molar-refractivity contribution in [3.8, 4) is 11.3 Å². The lowest BCUT2D eigenvalue weighted by atomic mass is 10.0. The Balaban J connectivity index is 2.12. The standard InChI is InChI=1S/C19H14O3/c1-11-10-21-18-12(2)19-15(8-14(11)18)16(20)9-17(22-19)13-6-4-3-5-7-13/h3-10H,1-2H3. The predicted molar refractivity (Wildman–Crippen MR) is 87.2 cm³/mol. The van der Waals surface area contributed by atoms with Crippen LogP contribution in [0.4, 0.5) is 0 Å². The Kier molecular flexibility index (Phi) is 2.70. The van der Waals surface area contributed by atoms with E-state index in [1.165, 1.54) is 0 Å². The third kappa shape index (κ3) is 1.79. The van der Waals surface area contributed by atoms with Gasteiger partial charge < -0.3 is 8.83 Å². The van der Waals surface area contributed by atoms with E-state index >= 15 is 0 Å². The molecule has 2 aromatic heterocycles. The van der Waals surface area contributed by atoms with Gasteiger partial charge in [-0.25, -0.2) is 0 Å². The van der Waals surface area contributed by atoms with Crippen LogP contribution in [0.25, 0.3) is 33.3 Å². The zero-order valence-electron chi connectivity index (χ0n) is 12.3. The number of rotatable bonds is 1. The van der Waals surface area contributed by atoms with Gasteiger partial charge in [-0.15, -0.1) is 0 Å². The molecule has 0 unspecified atom stereocenters. The Morgan fingerprint density at radius 3 is 2.45 bits per heavy atom. The summed E-state index contributed by atoms with van der Waals surface area (Å²) in [5.41, 5.74) is 4.09. The molecule has 0 N–H and O–H groups in total. The van der Waals surface area contributed by atoms with Gasteiger partial charge in [0.2, 0.25) is 0 Å². The van der Waals surface area contributed by atoms with Crippen LogP contribution in [-0.4, -0.2) is 0 Å². The lowest BCUT2D eigenvalue weighted by Crippen LogP contribution is -2.01. The summed E-state index contributed by atoms with van der Waals surface area (Å²) in [6.45, 7) is 3.89. The van der Waals surface area contributed by atoms with Crippen molar-refractivity contribution in [2.24, 2.45) is 0 Å². The van der Waals surface area contributed by atoms with Crippen LogP contribution >= 0.6 is 0 Å². The molecule has 0 bridgehead atoms. The number of fused-ring (bicyclic) bond motifs is 2. The Hall–Kier alpha value is -2.81. The molecule has 108 valence electrons. The van der Waals surface area contributed by atoms with Crippen LogP contribution in [0.2, 0.25) is 0 Å². The summed E-state index contributed by atoms with van der Waals surface area (Å²) >= 11 is 0. The van der Waals surface area contributed by atoms with Crippen LogP contribution in [0.3, 0.4) is 0 Å². The van der Waals surface area contributed by atoms with Crippen molar-refractivity contribution in [3.63, 3.8) is 0 Å². The highest BCUT2D eigenvalue weighted by atomic mass is 16.3. The van der Waals surface area contributed by atoms with E-state index in [4.69, 9.17) is 8.83 Å². The van der Waals surface area contributed by atoms with Gasteiger partial charge in [0.25, 0.3) is 0 Å². The van der Waals surface area contributed by atoms with Crippen LogP contribution < -0.4 is 5.43 Å². The average molecular weight is 290 g/mol. The third-order valence-electron chi connectivity index (χ3n) is 4.04. The first-order valence-electron chi connectivity index (χ1n) is 7.16. The molecule has 2 heterocycles. The van der Waals surface area contributed by atoms with Crippen molar-refractivity contribution >= 4 is 21.9 Å². The van der Waals surface area contributed by atoms with E-state index in [2.05, 4.69) is 0 Å². The first-order valence-corrected chi connectivity index (χ1v) is 7.16. The first-order chi connectivity index (χ1) is 10.6. The van der Waals surface area contributed by atoms with E-state index in [0.717, 1.165) is 27.7 Å². The Bertz CT molecular complexity index is 1050. The molecular formula is C19H14O3. The molecule has 2 aromatic carbocycles. The zero-order chi connectivity index (χ0) is 15.3. The normalized spacial score (nSPS) is 11.4. The number of benzene rings is 2. The van der Waals surface area contributed by atoms with Crippen molar-refractivity contribution < 1.29 is 8.83 Å². The van der Waals surface area contributed by atoms with Crippen molar-refractivity contribution in [3.05, 3.63) is 70.1 Å². The van der Waals surface area contributed by atoms with Crippen LogP contribution in [0.5, 0.6) is 0 Å². The molecule has 22 heavy (non-hydrogen) atoms. The molecule has 0 aliphatic heterocycles. The van der Waals surface area contributed by atoms with Crippen molar-refractivity contribution in [2.75, 3.05) is 0 Å². The zero-order valence-corrected chi connectivity index (χ0v) is 12.3. The largest absolute Gasteiger partial charge is 0.464 e. The minimum absolute atomic E-state index is 0.0364. The lowest BCUT2D eigenvalue weighted by Gasteiger charge is -2.06. The molecule has 0 radical (unpaired) electrons. The maximum absolute atomic E-state index is 12.5. The molecule has 0 aliphatic carbocycles. The number of aryl methyl sites for hydroxylation is 2. The second-order valence-electron chi connectivity index (χ2n) is 5.51.